The van der Waals surface area contributed by atoms with E-state index in [1.807, 2.05) is 24.3 Å². The van der Waals surface area contributed by atoms with Crippen molar-refractivity contribution in [2.24, 2.45) is 4.99 Å². The number of ether oxygens (including phenoxy) is 1. The quantitative estimate of drug-likeness (QED) is 0.773. The summed E-state index contributed by atoms with van der Waals surface area (Å²) in [5.74, 6) is 1.53. The fourth-order valence-corrected chi connectivity index (χ4v) is 1.17. The predicted molar refractivity (Wildman–Crippen MR) is 58.8 cm³/mol. The van der Waals surface area contributed by atoms with E-state index < -0.39 is 0 Å². The van der Waals surface area contributed by atoms with Gasteiger partial charge in [0, 0.05) is 18.5 Å². The van der Waals surface area contributed by atoms with Crippen LogP contribution in [0, 0.1) is 0 Å². The van der Waals surface area contributed by atoms with Crippen LogP contribution in [0.4, 0.5) is 5.69 Å². The van der Waals surface area contributed by atoms with E-state index in [1.54, 1.807) is 25.7 Å². The lowest BCUT2D eigenvalue weighted by Crippen LogP contribution is -1.83. The highest BCUT2D eigenvalue weighted by atomic mass is 16.5. The number of hydrogen-bond donors (Lipinski definition) is 1. The number of benzene rings is 1. The fraction of sp³-hybridized carbons (Fsp3) is 0.0909. The van der Waals surface area contributed by atoms with Crippen LogP contribution in [-0.4, -0.2) is 23.3 Å². The third-order valence-corrected chi connectivity index (χ3v) is 1.91. The maximum atomic E-state index is 5.09. The standard InChI is InChI=1S/C11H11N3O/c1-15-10-4-2-3-9(7-10)14-8-11-12-5-6-13-11/h2-8H,1H3,(H,12,13). The Hall–Kier alpha value is -2.10. The first-order valence-corrected chi connectivity index (χ1v) is 4.56. The smallest absolute Gasteiger partial charge is 0.148 e. The molecule has 1 aromatic heterocycles. The number of aliphatic imine (C=N–C) groups is 1. The lowest BCUT2D eigenvalue weighted by atomic mass is 10.3. The summed E-state index contributed by atoms with van der Waals surface area (Å²) in [7, 11) is 1.63. The minimum Gasteiger partial charge on any atom is -0.497 e. The summed E-state index contributed by atoms with van der Waals surface area (Å²) in [5.41, 5.74) is 0.839. The second kappa shape index (κ2) is 4.41. The van der Waals surface area contributed by atoms with Gasteiger partial charge in [0.1, 0.15) is 11.6 Å². The Bertz CT molecular complexity index is 449. The van der Waals surface area contributed by atoms with Crippen molar-refractivity contribution in [2.75, 3.05) is 7.11 Å². The molecule has 0 atom stereocenters. The molecule has 0 saturated carbocycles. The number of aromatic nitrogens is 2. The van der Waals surface area contributed by atoms with Crippen molar-refractivity contribution in [3.63, 3.8) is 0 Å². The SMILES string of the molecule is COc1cccc(N=Cc2ncc[nH]2)c1. The molecule has 0 unspecified atom stereocenters. The molecule has 4 nitrogen and oxygen atoms in total. The molecule has 0 aliphatic heterocycles. The number of hydrogen-bond acceptors (Lipinski definition) is 3. The van der Waals surface area contributed by atoms with Gasteiger partial charge in [-0.25, -0.2) is 4.98 Å². The second-order valence-corrected chi connectivity index (χ2v) is 2.93. The lowest BCUT2D eigenvalue weighted by molar-refractivity contribution is 0.415. The molecular formula is C11H11N3O. The maximum absolute atomic E-state index is 5.09. The van der Waals surface area contributed by atoms with Crippen molar-refractivity contribution in [3.8, 4) is 5.75 Å². The Morgan fingerprint density at radius 1 is 1.47 bits per heavy atom. The zero-order valence-corrected chi connectivity index (χ0v) is 8.34. The zero-order valence-electron chi connectivity index (χ0n) is 8.34. The number of nitrogens with zero attached hydrogens (tertiary/aromatic N) is 2. The fourth-order valence-electron chi connectivity index (χ4n) is 1.17. The Labute approximate surface area is 87.7 Å². The van der Waals surface area contributed by atoms with Gasteiger partial charge in [0.2, 0.25) is 0 Å². The molecule has 0 bridgehead atoms. The Balaban J connectivity index is 2.17. The summed E-state index contributed by atoms with van der Waals surface area (Å²) in [6.45, 7) is 0. The van der Waals surface area contributed by atoms with Gasteiger partial charge in [0.05, 0.1) is 19.0 Å². The molecule has 0 amide bonds. The topological polar surface area (TPSA) is 50.3 Å². The maximum Gasteiger partial charge on any atom is 0.148 e. The van der Waals surface area contributed by atoms with Crippen LogP contribution in [-0.2, 0) is 0 Å². The van der Waals surface area contributed by atoms with Crippen molar-refractivity contribution >= 4 is 11.9 Å². The molecule has 1 heterocycles. The van der Waals surface area contributed by atoms with E-state index in [2.05, 4.69) is 15.0 Å². The minimum absolute atomic E-state index is 0.734. The molecule has 1 aromatic carbocycles. The minimum atomic E-state index is 0.734. The molecule has 0 aliphatic rings. The van der Waals surface area contributed by atoms with E-state index in [0.29, 0.717) is 0 Å². The van der Waals surface area contributed by atoms with Gasteiger partial charge in [-0.2, -0.15) is 0 Å². The lowest BCUT2D eigenvalue weighted by Gasteiger charge is -1.98. The molecular weight excluding hydrogens is 190 g/mol. The first kappa shape index (κ1) is 9.45. The van der Waals surface area contributed by atoms with Gasteiger partial charge < -0.3 is 9.72 Å². The summed E-state index contributed by atoms with van der Waals surface area (Å²) in [5, 5.41) is 0. The van der Waals surface area contributed by atoms with Crippen molar-refractivity contribution in [1.29, 1.82) is 0 Å². The highest BCUT2D eigenvalue weighted by Crippen LogP contribution is 2.18. The van der Waals surface area contributed by atoms with Gasteiger partial charge in [-0.3, -0.25) is 4.99 Å². The molecule has 0 fully saturated rings. The summed E-state index contributed by atoms with van der Waals surface area (Å²) in [6, 6.07) is 7.54. The van der Waals surface area contributed by atoms with Gasteiger partial charge in [0.15, 0.2) is 0 Å². The second-order valence-electron chi connectivity index (χ2n) is 2.93. The molecule has 0 radical (unpaired) electrons. The summed E-state index contributed by atoms with van der Waals surface area (Å²) in [4.78, 5) is 11.2. The van der Waals surface area contributed by atoms with Crippen molar-refractivity contribution in [3.05, 3.63) is 42.5 Å². The predicted octanol–water partition coefficient (Wildman–Crippen LogP) is 2.17. The van der Waals surface area contributed by atoms with Crippen LogP contribution in [0.1, 0.15) is 5.82 Å². The third kappa shape index (κ3) is 2.43. The van der Waals surface area contributed by atoms with Crippen LogP contribution in [0.25, 0.3) is 0 Å². The van der Waals surface area contributed by atoms with Gasteiger partial charge in [-0.1, -0.05) is 6.07 Å². The van der Waals surface area contributed by atoms with Crippen molar-refractivity contribution in [2.45, 2.75) is 0 Å². The molecule has 4 heteroatoms. The number of nitrogens with one attached hydrogen (secondary N) is 1. The van der Waals surface area contributed by atoms with Crippen LogP contribution in [0.15, 0.2) is 41.7 Å². The summed E-state index contributed by atoms with van der Waals surface area (Å²) < 4.78 is 5.09. The molecule has 2 aromatic rings. The van der Waals surface area contributed by atoms with Crippen LogP contribution in [0.3, 0.4) is 0 Å². The largest absolute Gasteiger partial charge is 0.497 e. The van der Waals surface area contributed by atoms with Crippen LogP contribution in [0.5, 0.6) is 5.75 Å². The Kier molecular flexibility index (Phi) is 2.78. The third-order valence-electron chi connectivity index (χ3n) is 1.91. The summed E-state index contributed by atoms with van der Waals surface area (Å²) in [6.07, 6.45) is 5.12. The van der Waals surface area contributed by atoms with Crippen LogP contribution >= 0.6 is 0 Å². The molecule has 0 saturated heterocycles. The normalized spacial score (nSPS) is 10.7. The van der Waals surface area contributed by atoms with Crippen LogP contribution in [0.2, 0.25) is 0 Å². The van der Waals surface area contributed by atoms with Crippen LogP contribution < -0.4 is 4.74 Å². The van der Waals surface area contributed by atoms with E-state index in [1.165, 1.54) is 0 Å². The number of aromatic amines is 1. The van der Waals surface area contributed by atoms with E-state index >= 15 is 0 Å². The number of methoxy groups -OCH3 is 1. The van der Waals surface area contributed by atoms with Crippen molar-refractivity contribution in [1.82, 2.24) is 9.97 Å². The van der Waals surface area contributed by atoms with Crippen molar-refractivity contribution < 1.29 is 4.74 Å². The molecule has 0 aliphatic carbocycles. The van der Waals surface area contributed by atoms with Gasteiger partial charge in [-0.05, 0) is 12.1 Å². The van der Waals surface area contributed by atoms with Gasteiger partial charge in [-0.15, -0.1) is 0 Å². The number of H-pyrrole nitrogens is 1. The molecule has 15 heavy (non-hydrogen) atoms. The zero-order chi connectivity index (χ0) is 10.5. The van der Waals surface area contributed by atoms with Gasteiger partial charge in [0.25, 0.3) is 0 Å². The molecule has 0 spiro atoms. The van der Waals surface area contributed by atoms with E-state index in [9.17, 15) is 0 Å². The number of imidazole rings is 1. The highest BCUT2D eigenvalue weighted by molar-refractivity contribution is 5.77. The summed E-state index contributed by atoms with van der Waals surface area (Å²) >= 11 is 0. The van der Waals surface area contributed by atoms with E-state index in [4.69, 9.17) is 4.74 Å². The Morgan fingerprint density at radius 3 is 3.13 bits per heavy atom. The molecule has 1 N–H and O–H groups in total. The monoisotopic (exact) mass is 201 g/mol. The van der Waals surface area contributed by atoms with E-state index in [0.717, 1.165) is 17.3 Å². The molecule has 2 rings (SSSR count). The molecule has 76 valence electrons. The average Bonchev–Trinajstić information content (AvgIpc) is 2.79. The average molecular weight is 201 g/mol. The Morgan fingerprint density at radius 2 is 2.40 bits per heavy atom. The number of rotatable bonds is 3. The highest BCUT2D eigenvalue weighted by Gasteiger charge is 1.93. The first-order chi connectivity index (χ1) is 7.38. The van der Waals surface area contributed by atoms with E-state index in [-0.39, 0.29) is 0 Å². The van der Waals surface area contributed by atoms with Gasteiger partial charge >= 0.3 is 0 Å². The first-order valence-electron chi connectivity index (χ1n) is 4.56.